The van der Waals surface area contributed by atoms with Gasteiger partial charge < -0.3 is 14.6 Å². The number of rotatable bonds is 7. The minimum Gasteiger partial charge on any atom is -0.421 e. The van der Waals surface area contributed by atoms with Crippen molar-refractivity contribution in [2.45, 2.75) is 17.7 Å². The van der Waals surface area contributed by atoms with Crippen molar-refractivity contribution in [2.75, 3.05) is 38.5 Å². The summed E-state index contributed by atoms with van der Waals surface area (Å²) in [7, 11) is -1.55. The van der Waals surface area contributed by atoms with E-state index in [-0.39, 0.29) is 17.2 Å². The Balaban J connectivity index is 1.31. The number of anilines is 1. The molecule has 1 aromatic carbocycles. The smallest absolute Gasteiger partial charge is 0.248 e. The van der Waals surface area contributed by atoms with Crippen LogP contribution in [0.4, 0.5) is 5.69 Å². The van der Waals surface area contributed by atoms with Gasteiger partial charge in [-0.15, -0.1) is 10.2 Å². The van der Waals surface area contributed by atoms with Crippen LogP contribution in [0.2, 0.25) is 0 Å². The number of nitrogens with zero attached hydrogens (tertiary/aromatic N) is 4. The van der Waals surface area contributed by atoms with Gasteiger partial charge in [0.15, 0.2) is 0 Å². The summed E-state index contributed by atoms with van der Waals surface area (Å²) in [5.74, 6) is 0.615. The fourth-order valence-electron chi connectivity index (χ4n) is 3.19. The number of aromatic nitrogens is 2. The number of carbonyl (C=O) groups excluding carboxylic acids is 1. The molecule has 0 saturated carbocycles. The Bertz CT molecular complexity index is 1120. The minimum absolute atomic E-state index is 0.173. The molecule has 1 amide bonds. The number of carbonyl (C=O) groups is 1. The van der Waals surface area contributed by atoms with E-state index in [1.54, 1.807) is 12.1 Å². The summed E-state index contributed by atoms with van der Waals surface area (Å²) in [5, 5.41) is 14.6. The third-order valence-corrected chi connectivity index (χ3v) is 7.64. The predicted octanol–water partition coefficient (Wildman–Crippen LogP) is 2.31. The first kappa shape index (κ1) is 21.6. The zero-order chi connectivity index (χ0) is 21.8. The first-order chi connectivity index (χ1) is 14.9. The summed E-state index contributed by atoms with van der Waals surface area (Å²) >= 11 is 1.54. The van der Waals surface area contributed by atoms with Crippen LogP contribution in [0.3, 0.4) is 0 Å². The Hall–Kier alpha value is -2.60. The number of sulfonamides is 1. The molecule has 3 aromatic rings. The molecule has 0 bridgehead atoms. The number of aryl methyl sites for hydroxylation is 1. The van der Waals surface area contributed by atoms with Crippen LogP contribution in [0.1, 0.15) is 12.3 Å². The lowest BCUT2D eigenvalue weighted by Gasteiger charge is -2.31. The quantitative estimate of drug-likeness (QED) is 0.575. The monoisotopic (exact) mass is 461 g/mol. The Morgan fingerprint density at radius 3 is 2.55 bits per heavy atom. The third kappa shape index (κ3) is 5.18. The zero-order valence-corrected chi connectivity index (χ0v) is 18.7. The number of nitrogens with one attached hydrogen (secondary N) is 1. The van der Waals surface area contributed by atoms with Crippen LogP contribution in [0.15, 0.2) is 50.4 Å². The normalized spacial score (nSPS) is 15.8. The van der Waals surface area contributed by atoms with E-state index >= 15 is 0 Å². The lowest BCUT2D eigenvalue weighted by Crippen LogP contribution is -2.46. The van der Waals surface area contributed by atoms with E-state index in [0.29, 0.717) is 50.1 Å². The van der Waals surface area contributed by atoms with Crippen LogP contribution in [0.5, 0.6) is 0 Å². The SMILES string of the molecule is CN1CCN(S(=O)(=O)c2ccc(NC(=O)CCc3nnc(-c4ccsc4)o3)cc2)CC1. The lowest BCUT2D eigenvalue weighted by molar-refractivity contribution is -0.116. The number of hydrogen-bond acceptors (Lipinski definition) is 8. The second-order valence-corrected chi connectivity index (χ2v) is 10.0. The van der Waals surface area contributed by atoms with Gasteiger partial charge in [-0.25, -0.2) is 8.42 Å². The molecule has 0 atom stereocenters. The van der Waals surface area contributed by atoms with Crippen LogP contribution in [0.25, 0.3) is 11.5 Å². The molecular formula is C20H23N5O4S2. The molecule has 1 saturated heterocycles. The average Bonchev–Trinajstić information content (AvgIpc) is 3.45. The van der Waals surface area contributed by atoms with E-state index in [1.807, 2.05) is 23.9 Å². The second-order valence-electron chi connectivity index (χ2n) is 7.29. The van der Waals surface area contributed by atoms with E-state index in [1.165, 1.54) is 27.8 Å². The Kier molecular flexibility index (Phi) is 6.46. The molecule has 0 unspecified atom stereocenters. The van der Waals surface area contributed by atoms with E-state index in [4.69, 9.17) is 4.42 Å². The largest absolute Gasteiger partial charge is 0.421 e. The van der Waals surface area contributed by atoms with Gasteiger partial charge in [-0.1, -0.05) is 0 Å². The second kappa shape index (κ2) is 9.27. The van der Waals surface area contributed by atoms with Gasteiger partial charge in [-0.3, -0.25) is 4.79 Å². The van der Waals surface area contributed by atoms with Crippen LogP contribution < -0.4 is 5.32 Å². The average molecular weight is 462 g/mol. The molecule has 1 aliphatic heterocycles. The number of hydrogen-bond donors (Lipinski definition) is 1. The summed E-state index contributed by atoms with van der Waals surface area (Å²) in [6.07, 6.45) is 0.492. The van der Waals surface area contributed by atoms with Crippen molar-refractivity contribution in [2.24, 2.45) is 0 Å². The van der Waals surface area contributed by atoms with Gasteiger partial charge in [0.25, 0.3) is 0 Å². The highest BCUT2D eigenvalue weighted by Gasteiger charge is 2.27. The van der Waals surface area contributed by atoms with Gasteiger partial charge in [0, 0.05) is 55.7 Å². The summed E-state index contributed by atoms with van der Waals surface area (Å²) in [6, 6.07) is 8.13. The number of benzene rings is 1. The van der Waals surface area contributed by atoms with Crippen LogP contribution in [-0.4, -0.2) is 67.0 Å². The van der Waals surface area contributed by atoms with Crippen LogP contribution >= 0.6 is 11.3 Å². The summed E-state index contributed by atoms with van der Waals surface area (Å²) < 4.78 is 32.6. The topological polar surface area (TPSA) is 109 Å². The third-order valence-electron chi connectivity index (χ3n) is 5.04. The Morgan fingerprint density at radius 2 is 1.87 bits per heavy atom. The van der Waals surface area contributed by atoms with Gasteiger partial charge in [-0.05, 0) is 42.8 Å². The molecule has 31 heavy (non-hydrogen) atoms. The maximum Gasteiger partial charge on any atom is 0.248 e. The van der Waals surface area contributed by atoms with Crippen molar-refractivity contribution in [3.05, 3.63) is 47.0 Å². The Labute approximate surface area is 184 Å². The lowest BCUT2D eigenvalue weighted by atomic mass is 10.2. The maximum absolute atomic E-state index is 12.8. The first-order valence-electron chi connectivity index (χ1n) is 9.85. The summed E-state index contributed by atoms with van der Waals surface area (Å²) in [6.45, 7) is 2.37. The zero-order valence-electron chi connectivity index (χ0n) is 17.0. The molecule has 4 rings (SSSR count). The predicted molar refractivity (Wildman–Crippen MR) is 117 cm³/mol. The van der Waals surface area contributed by atoms with Gasteiger partial charge in [0.05, 0.1) is 4.90 Å². The van der Waals surface area contributed by atoms with E-state index in [0.717, 1.165) is 5.56 Å². The van der Waals surface area contributed by atoms with Crippen molar-refractivity contribution < 1.29 is 17.6 Å². The molecule has 3 heterocycles. The molecule has 0 radical (unpaired) electrons. The highest BCUT2D eigenvalue weighted by atomic mass is 32.2. The Morgan fingerprint density at radius 1 is 1.13 bits per heavy atom. The first-order valence-corrected chi connectivity index (χ1v) is 12.2. The molecule has 164 valence electrons. The van der Waals surface area contributed by atoms with Gasteiger partial charge in [0.1, 0.15) is 0 Å². The molecule has 2 aromatic heterocycles. The number of amides is 1. The van der Waals surface area contributed by atoms with Gasteiger partial charge in [0.2, 0.25) is 27.7 Å². The highest BCUT2D eigenvalue weighted by molar-refractivity contribution is 7.89. The molecule has 11 heteroatoms. The fourth-order valence-corrected chi connectivity index (χ4v) is 5.24. The van der Waals surface area contributed by atoms with E-state index in [2.05, 4.69) is 20.4 Å². The standard InChI is InChI=1S/C20H23N5O4S2/c1-24-9-11-25(12-10-24)31(27,28)17-4-2-16(3-5-17)21-18(26)6-7-19-22-23-20(29-19)15-8-13-30-14-15/h2-5,8,13-14H,6-7,9-12H2,1H3,(H,21,26). The molecule has 1 fully saturated rings. The van der Waals surface area contributed by atoms with E-state index < -0.39 is 10.0 Å². The van der Waals surface area contributed by atoms with Crippen molar-refractivity contribution in [3.8, 4) is 11.5 Å². The molecule has 1 aliphatic rings. The van der Waals surface area contributed by atoms with Crippen molar-refractivity contribution in [3.63, 3.8) is 0 Å². The molecule has 0 spiro atoms. The number of piperazine rings is 1. The van der Waals surface area contributed by atoms with Crippen LogP contribution in [0, 0.1) is 0 Å². The molecule has 1 N–H and O–H groups in total. The van der Waals surface area contributed by atoms with Crippen LogP contribution in [-0.2, 0) is 21.2 Å². The highest BCUT2D eigenvalue weighted by Crippen LogP contribution is 2.22. The molecule has 0 aliphatic carbocycles. The minimum atomic E-state index is -3.53. The maximum atomic E-state index is 12.8. The fraction of sp³-hybridized carbons (Fsp3) is 0.350. The van der Waals surface area contributed by atoms with Crippen molar-refractivity contribution in [1.29, 1.82) is 0 Å². The number of likely N-dealkylation sites (N-methyl/N-ethyl adjacent to an activating group) is 1. The van der Waals surface area contributed by atoms with E-state index in [9.17, 15) is 13.2 Å². The van der Waals surface area contributed by atoms with Crippen molar-refractivity contribution in [1.82, 2.24) is 19.4 Å². The molecule has 9 nitrogen and oxygen atoms in total. The van der Waals surface area contributed by atoms with Gasteiger partial charge in [-0.2, -0.15) is 15.6 Å². The van der Waals surface area contributed by atoms with Crippen molar-refractivity contribution >= 4 is 33.0 Å². The molecular weight excluding hydrogens is 438 g/mol. The summed E-state index contributed by atoms with van der Waals surface area (Å²) in [5.41, 5.74) is 1.40. The number of thiophene rings is 1. The van der Waals surface area contributed by atoms with Gasteiger partial charge >= 0.3 is 0 Å². The summed E-state index contributed by atoms with van der Waals surface area (Å²) in [4.78, 5) is 14.6.